The summed E-state index contributed by atoms with van der Waals surface area (Å²) in [6, 6.07) is 0. The fourth-order valence-corrected chi connectivity index (χ4v) is 1.46. The Kier molecular flexibility index (Phi) is 15.0. The Balaban J connectivity index is 3.60. The molecule has 0 aromatic rings. The highest BCUT2D eigenvalue weighted by Gasteiger charge is 2.17. The van der Waals surface area contributed by atoms with E-state index in [0.29, 0.717) is 0 Å². The Bertz CT molecular complexity index is 146. The van der Waals surface area contributed by atoms with Gasteiger partial charge in [-0.15, -0.1) is 0 Å². The van der Waals surface area contributed by atoms with Crippen molar-refractivity contribution in [3.63, 3.8) is 0 Å². The van der Waals surface area contributed by atoms with Crippen LogP contribution in [0.15, 0.2) is 0 Å². The molecule has 108 valence electrons. The van der Waals surface area contributed by atoms with Crippen LogP contribution in [0.2, 0.25) is 6.32 Å². The zero-order valence-corrected chi connectivity index (χ0v) is 12.6. The van der Waals surface area contributed by atoms with E-state index >= 15 is 0 Å². The second-order valence-electron chi connectivity index (χ2n) is 4.63. The normalized spacial score (nSPS) is 10.8. The first-order chi connectivity index (χ1) is 8.85. The monoisotopic (exact) mass is 258 g/mol. The van der Waals surface area contributed by atoms with Crippen LogP contribution in [0, 0.1) is 0 Å². The first-order valence-electron chi connectivity index (χ1n) is 7.66. The fourth-order valence-electron chi connectivity index (χ4n) is 1.46. The van der Waals surface area contributed by atoms with Gasteiger partial charge >= 0.3 is 7.12 Å². The molecule has 0 aliphatic carbocycles. The topological polar surface area (TPSA) is 27.7 Å². The summed E-state index contributed by atoms with van der Waals surface area (Å²) in [6.45, 7) is 9.70. The van der Waals surface area contributed by atoms with Gasteiger partial charge in [-0.3, -0.25) is 0 Å². The standard InChI is InChI=1S/C14H31BO3/c1-4-7-11-16-14-10-15(17-12-8-5-2)18-13-9-6-3/h4-14H2,1-3H3. The van der Waals surface area contributed by atoms with Crippen molar-refractivity contribution in [2.75, 3.05) is 26.4 Å². The van der Waals surface area contributed by atoms with E-state index in [4.69, 9.17) is 14.0 Å². The van der Waals surface area contributed by atoms with Gasteiger partial charge in [0, 0.05) is 32.7 Å². The summed E-state index contributed by atoms with van der Waals surface area (Å²) in [5, 5.41) is 0. The van der Waals surface area contributed by atoms with Crippen LogP contribution in [-0.4, -0.2) is 33.5 Å². The molecule has 0 aliphatic heterocycles. The van der Waals surface area contributed by atoms with E-state index in [-0.39, 0.29) is 7.12 Å². The zero-order chi connectivity index (χ0) is 13.5. The molecule has 0 aromatic heterocycles. The Morgan fingerprint density at radius 2 is 1.17 bits per heavy atom. The van der Waals surface area contributed by atoms with Crippen LogP contribution in [0.1, 0.15) is 59.3 Å². The predicted molar refractivity (Wildman–Crippen MR) is 78.0 cm³/mol. The van der Waals surface area contributed by atoms with Gasteiger partial charge in [0.25, 0.3) is 0 Å². The number of hydrogen-bond acceptors (Lipinski definition) is 3. The maximum Gasteiger partial charge on any atom is 0.459 e. The summed E-state index contributed by atoms with van der Waals surface area (Å²) in [6.07, 6.45) is 7.69. The number of rotatable bonds is 14. The summed E-state index contributed by atoms with van der Waals surface area (Å²) < 4.78 is 17.0. The van der Waals surface area contributed by atoms with Gasteiger partial charge in [0.05, 0.1) is 0 Å². The molecule has 4 heteroatoms. The van der Waals surface area contributed by atoms with Crippen LogP contribution in [0.3, 0.4) is 0 Å². The van der Waals surface area contributed by atoms with Gasteiger partial charge in [-0.05, 0) is 19.3 Å². The molecule has 0 amide bonds. The minimum atomic E-state index is -0.0790. The molecule has 0 bridgehead atoms. The molecule has 0 unspecified atom stereocenters. The molecule has 0 spiro atoms. The van der Waals surface area contributed by atoms with Crippen molar-refractivity contribution >= 4 is 7.12 Å². The third-order valence-electron chi connectivity index (χ3n) is 2.74. The highest BCUT2D eigenvalue weighted by atomic mass is 16.6. The second-order valence-corrected chi connectivity index (χ2v) is 4.63. The van der Waals surface area contributed by atoms with Crippen molar-refractivity contribution in [2.24, 2.45) is 0 Å². The highest BCUT2D eigenvalue weighted by Crippen LogP contribution is 2.03. The molecule has 18 heavy (non-hydrogen) atoms. The molecule has 0 fully saturated rings. The van der Waals surface area contributed by atoms with Crippen LogP contribution in [0.4, 0.5) is 0 Å². The SMILES string of the molecule is CCCCOCCB(OCCCC)OCCCC. The zero-order valence-electron chi connectivity index (χ0n) is 12.6. The van der Waals surface area contributed by atoms with E-state index < -0.39 is 0 Å². The van der Waals surface area contributed by atoms with Gasteiger partial charge in [-0.1, -0.05) is 40.0 Å². The molecule has 0 saturated carbocycles. The van der Waals surface area contributed by atoms with Crippen LogP contribution in [0.5, 0.6) is 0 Å². The Hall–Kier alpha value is -0.0551. The van der Waals surface area contributed by atoms with Crippen molar-refractivity contribution in [3.05, 3.63) is 0 Å². The molecule has 0 aliphatic rings. The summed E-state index contributed by atoms with van der Waals surface area (Å²) in [5.74, 6) is 0. The van der Waals surface area contributed by atoms with Gasteiger partial charge in [0.1, 0.15) is 0 Å². The van der Waals surface area contributed by atoms with Crippen LogP contribution >= 0.6 is 0 Å². The number of unbranched alkanes of at least 4 members (excludes halogenated alkanes) is 3. The first-order valence-corrected chi connectivity index (χ1v) is 7.66. The van der Waals surface area contributed by atoms with E-state index in [1.165, 1.54) is 6.42 Å². The van der Waals surface area contributed by atoms with Gasteiger partial charge in [-0.25, -0.2) is 0 Å². The Morgan fingerprint density at radius 1 is 0.667 bits per heavy atom. The second kappa shape index (κ2) is 15.0. The lowest BCUT2D eigenvalue weighted by atomic mass is 9.85. The fraction of sp³-hybridized carbons (Fsp3) is 1.00. The summed E-state index contributed by atoms with van der Waals surface area (Å²) in [7, 11) is -0.0790. The largest absolute Gasteiger partial charge is 0.459 e. The van der Waals surface area contributed by atoms with Crippen LogP contribution < -0.4 is 0 Å². The Morgan fingerprint density at radius 3 is 1.67 bits per heavy atom. The highest BCUT2D eigenvalue weighted by molar-refractivity contribution is 6.44. The van der Waals surface area contributed by atoms with Gasteiger partial charge < -0.3 is 14.0 Å². The third kappa shape index (κ3) is 12.4. The van der Waals surface area contributed by atoms with E-state index in [0.717, 1.165) is 64.9 Å². The van der Waals surface area contributed by atoms with Crippen LogP contribution in [-0.2, 0) is 14.0 Å². The van der Waals surface area contributed by atoms with Crippen molar-refractivity contribution in [1.29, 1.82) is 0 Å². The first kappa shape index (κ1) is 17.9. The van der Waals surface area contributed by atoms with Crippen molar-refractivity contribution in [2.45, 2.75) is 65.6 Å². The van der Waals surface area contributed by atoms with Crippen molar-refractivity contribution in [1.82, 2.24) is 0 Å². The van der Waals surface area contributed by atoms with Gasteiger partial charge in [0.2, 0.25) is 0 Å². The van der Waals surface area contributed by atoms with Crippen molar-refractivity contribution < 1.29 is 14.0 Å². The summed E-state index contributed by atoms with van der Waals surface area (Å²) >= 11 is 0. The lowest BCUT2D eigenvalue weighted by Gasteiger charge is -2.14. The molecule has 0 heterocycles. The van der Waals surface area contributed by atoms with Gasteiger partial charge in [-0.2, -0.15) is 0 Å². The third-order valence-corrected chi connectivity index (χ3v) is 2.74. The smallest absolute Gasteiger partial charge is 0.411 e. The number of hydrogen-bond donors (Lipinski definition) is 0. The van der Waals surface area contributed by atoms with Crippen LogP contribution in [0.25, 0.3) is 0 Å². The minimum Gasteiger partial charge on any atom is -0.411 e. The van der Waals surface area contributed by atoms with Crippen molar-refractivity contribution in [3.8, 4) is 0 Å². The average Bonchev–Trinajstić information content (AvgIpc) is 2.38. The lowest BCUT2D eigenvalue weighted by molar-refractivity contribution is 0.129. The summed E-state index contributed by atoms with van der Waals surface area (Å²) in [4.78, 5) is 0. The maximum absolute atomic E-state index is 5.73. The average molecular weight is 258 g/mol. The summed E-state index contributed by atoms with van der Waals surface area (Å²) in [5.41, 5.74) is 0. The van der Waals surface area contributed by atoms with E-state index in [9.17, 15) is 0 Å². The van der Waals surface area contributed by atoms with E-state index in [1.807, 2.05) is 0 Å². The molecule has 0 rings (SSSR count). The molecule has 0 aromatic carbocycles. The molecular weight excluding hydrogens is 227 g/mol. The molecular formula is C14H31BO3. The quantitative estimate of drug-likeness (QED) is 0.349. The van der Waals surface area contributed by atoms with Gasteiger partial charge in [0.15, 0.2) is 0 Å². The van der Waals surface area contributed by atoms with E-state index in [2.05, 4.69) is 20.8 Å². The number of ether oxygens (including phenoxy) is 1. The molecule has 0 atom stereocenters. The minimum absolute atomic E-state index is 0.0790. The lowest BCUT2D eigenvalue weighted by Crippen LogP contribution is -2.25. The molecule has 3 nitrogen and oxygen atoms in total. The van der Waals surface area contributed by atoms with E-state index in [1.54, 1.807) is 0 Å². The molecule has 0 N–H and O–H groups in total. The molecule has 0 radical (unpaired) electrons. The maximum atomic E-state index is 5.73. The molecule has 0 saturated heterocycles. The predicted octanol–water partition coefficient (Wildman–Crippen LogP) is 3.92. The Labute approximate surface area is 114 Å².